The van der Waals surface area contributed by atoms with Crippen LogP contribution in [0.15, 0.2) is 39.4 Å². The number of carbonyl (C=O) groups is 1. The van der Waals surface area contributed by atoms with Crippen molar-refractivity contribution in [3.8, 4) is 11.3 Å². The zero-order valence-corrected chi connectivity index (χ0v) is 9.49. The molecule has 1 aromatic carbocycles. The first-order valence-corrected chi connectivity index (χ1v) is 5.15. The molecule has 5 heteroatoms. The van der Waals surface area contributed by atoms with Crippen LogP contribution in [0.5, 0.6) is 0 Å². The molecular weight excluding hydrogens is 279 g/mol. The Morgan fingerprint density at radius 2 is 2.12 bits per heavy atom. The Morgan fingerprint density at radius 1 is 1.38 bits per heavy atom. The van der Waals surface area contributed by atoms with E-state index in [1.807, 2.05) is 0 Å². The summed E-state index contributed by atoms with van der Waals surface area (Å²) in [6.45, 7) is 0. The third-order valence-electron chi connectivity index (χ3n) is 2.07. The van der Waals surface area contributed by atoms with Crippen LogP contribution in [0.3, 0.4) is 0 Å². The Labute approximate surface area is 98.6 Å². The van der Waals surface area contributed by atoms with Crippen LogP contribution in [0.2, 0.25) is 0 Å². The second-order valence-corrected chi connectivity index (χ2v) is 3.95. The zero-order valence-electron chi connectivity index (χ0n) is 7.91. The molecule has 1 heterocycles. The molecule has 0 radical (unpaired) electrons. The molecule has 0 aliphatic rings. The molecule has 0 aliphatic heterocycles. The zero-order chi connectivity index (χ0) is 11.7. The molecule has 82 valence electrons. The molecule has 1 N–H and O–H groups in total. The van der Waals surface area contributed by atoms with Crippen molar-refractivity contribution in [2.45, 2.75) is 0 Å². The van der Waals surface area contributed by atoms with Gasteiger partial charge in [-0.25, -0.2) is 9.18 Å². The summed E-state index contributed by atoms with van der Waals surface area (Å²) in [7, 11) is 0. The Bertz CT molecular complexity index is 548. The molecule has 0 saturated carbocycles. The van der Waals surface area contributed by atoms with Gasteiger partial charge in [0.05, 0.1) is 16.3 Å². The minimum Gasteiger partial charge on any atom is -0.478 e. The smallest absolute Gasteiger partial charge is 0.336 e. The molecule has 0 saturated heterocycles. The highest BCUT2D eigenvalue weighted by Crippen LogP contribution is 2.32. The van der Waals surface area contributed by atoms with E-state index in [0.29, 0.717) is 15.8 Å². The molecule has 0 unspecified atom stereocenters. The number of carboxylic acids is 1. The van der Waals surface area contributed by atoms with Crippen LogP contribution in [0.25, 0.3) is 11.3 Å². The molecule has 2 aromatic rings. The van der Waals surface area contributed by atoms with Gasteiger partial charge in [0.15, 0.2) is 0 Å². The second-order valence-electron chi connectivity index (χ2n) is 3.09. The fraction of sp³-hybridized carbons (Fsp3) is 0. The highest BCUT2D eigenvalue weighted by molar-refractivity contribution is 9.10. The van der Waals surface area contributed by atoms with E-state index in [9.17, 15) is 9.18 Å². The lowest BCUT2D eigenvalue weighted by Gasteiger charge is -2.03. The van der Waals surface area contributed by atoms with Gasteiger partial charge in [0.2, 0.25) is 0 Å². The van der Waals surface area contributed by atoms with E-state index in [4.69, 9.17) is 9.52 Å². The van der Waals surface area contributed by atoms with E-state index in [2.05, 4.69) is 15.9 Å². The Hall–Kier alpha value is -1.62. The van der Waals surface area contributed by atoms with E-state index in [0.717, 1.165) is 6.07 Å². The lowest BCUT2D eigenvalue weighted by atomic mass is 10.1. The summed E-state index contributed by atoms with van der Waals surface area (Å²) in [5.74, 6) is -1.42. The van der Waals surface area contributed by atoms with Gasteiger partial charge in [-0.05, 0) is 40.2 Å². The minimum absolute atomic E-state index is 0.129. The van der Waals surface area contributed by atoms with Crippen molar-refractivity contribution in [2.24, 2.45) is 0 Å². The number of benzene rings is 1. The Morgan fingerprint density at radius 3 is 2.69 bits per heavy atom. The summed E-state index contributed by atoms with van der Waals surface area (Å²) in [6.07, 6.45) is 1.43. The third kappa shape index (κ3) is 1.86. The maximum absolute atomic E-state index is 12.9. The van der Waals surface area contributed by atoms with Gasteiger partial charge in [-0.3, -0.25) is 0 Å². The molecule has 1 aromatic heterocycles. The first-order chi connectivity index (χ1) is 7.59. The predicted octanol–water partition coefficient (Wildman–Crippen LogP) is 3.55. The van der Waals surface area contributed by atoms with E-state index in [-0.39, 0.29) is 5.56 Å². The first-order valence-electron chi connectivity index (χ1n) is 4.36. The van der Waals surface area contributed by atoms with Gasteiger partial charge < -0.3 is 9.52 Å². The Kier molecular flexibility index (Phi) is 2.78. The summed E-state index contributed by atoms with van der Waals surface area (Å²) in [6, 6.07) is 5.18. The molecule has 0 bridgehead atoms. The van der Waals surface area contributed by atoms with Gasteiger partial charge in [0.1, 0.15) is 11.6 Å². The molecule has 0 fully saturated rings. The average Bonchev–Trinajstić information content (AvgIpc) is 2.64. The van der Waals surface area contributed by atoms with Crippen LogP contribution in [-0.4, -0.2) is 11.1 Å². The van der Waals surface area contributed by atoms with Gasteiger partial charge in [-0.1, -0.05) is 0 Å². The second kappa shape index (κ2) is 4.09. The van der Waals surface area contributed by atoms with Crippen LogP contribution in [-0.2, 0) is 0 Å². The lowest BCUT2D eigenvalue weighted by Crippen LogP contribution is -2.00. The summed E-state index contributed by atoms with van der Waals surface area (Å²) >= 11 is 3.22. The Balaban J connectivity index is 2.65. The minimum atomic E-state index is -1.20. The summed E-state index contributed by atoms with van der Waals surface area (Å²) in [4.78, 5) is 11.0. The van der Waals surface area contributed by atoms with Crippen molar-refractivity contribution in [2.75, 3.05) is 0 Å². The molecular formula is C11H6BrFO3. The normalized spacial score (nSPS) is 10.4. The van der Waals surface area contributed by atoms with Gasteiger partial charge in [-0.15, -0.1) is 0 Å². The average molecular weight is 285 g/mol. The maximum atomic E-state index is 12.9. The lowest BCUT2D eigenvalue weighted by molar-refractivity contribution is 0.0697. The van der Waals surface area contributed by atoms with Crippen molar-refractivity contribution >= 4 is 21.9 Å². The van der Waals surface area contributed by atoms with E-state index in [1.54, 1.807) is 6.07 Å². The van der Waals surface area contributed by atoms with Gasteiger partial charge in [0.25, 0.3) is 0 Å². The summed E-state index contributed by atoms with van der Waals surface area (Å²) in [5.41, 5.74) is 0.210. The quantitative estimate of drug-likeness (QED) is 0.918. The SMILES string of the molecule is O=C(O)c1cc(F)ccc1-c1occc1Br. The van der Waals surface area contributed by atoms with Crippen LogP contribution in [0.4, 0.5) is 4.39 Å². The molecule has 0 amide bonds. The number of hydrogen-bond acceptors (Lipinski definition) is 2. The maximum Gasteiger partial charge on any atom is 0.336 e. The van der Waals surface area contributed by atoms with Crippen LogP contribution >= 0.6 is 15.9 Å². The van der Waals surface area contributed by atoms with Crippen molar-refractivity contribution in [3.63, 3.8) is 0 Å². The van der Waals surface area contributed by atoms with Crippen molar-refractivity contribution in [1.82, 2.24) is 0 Å². The number of aromatic carboxylic acids is 1. The molecule has 16 heavy (non-hydrogen) atoms. The molecule has 0 aliphatic carbocycles. The predicted molar refractivity (Wildman–Crippen MR) is 58.8 cm³/mol. The third-order valence-corrected chi connectivity index (χ3v) is 2.70. The van der Waals surface area contributed by atoms with Crippen molar-refractivity contribution < 1.29 is 18.7 Å². The van der Waals surface area contributed by atoms with Crippen LogP contribution in [0, 0.1) is 5.82 Å². The van der Waals surface area contributed by atoms with Crippen LogP contribution in [0.1, 0.15) is 10.4 Å². The van der Waals surface area contributed by atoms with Gasteiger partial charge >= 0.3 is 5.97 Å². The number of furan rings is 1. The first kappa shape index (κ1) is 10.9. The molecule has 0 spiro atoms. The fourth-order valence-corrected chi connectivity index (χ4v) is 1.79. The van der Waals surface area contributed by atoms with Crippen molar-refractivity contribution in [1.29, 1.82) is 0 Å². The molecule has 0 atom stereocenters. The summed E-state index contributed by atoms with van der Waals surface area (Å²) in [5, 5.41) is 8.96. The highest BCUT2D eigenvalue weighted by atomic mass is 79.9. The number of carboxylic acid groups (broad SMARTS) is 1. The molecule has 3 nitrogen and oxygen atoms in total. The van der Waals surface area contributed by atoms with E-state index in [1.165, 1.54) is 18.4 Å². The number of hydrogen-bond donors (Lipinski definition) is 1. The monoisotopic (exact) mass is 284 g/mol. The largest absolute Gasteiger partial charge is 0.478 e. The fourth-order valence-electron chi connectivity index (χ4n) is 1.38. The standard InChI is InChI=1S/C11H6BrFO3/c12-9-3-4-16-10(9)7-2-1-6(13)5-8(7)11(14)15/h1-5H,(H,14,15). The molecule has 2 rings (SSSR count). The van der Waals surface area contributed by atoms with Crippen LogP contribution < -0.4 is 0 Å². The highest BCUT2D eigenvalue weighted by Gasteiger charge is 2.17. The van der Waals surface area contributed by atoms with Gasteiger partial charge in [0, 0.05) is 5.56 Å². The van der Waals surface area contributed by atoms with E-state index >= 15 is 0 Å². The van der Waals surface area contributed by atoms with Crippen molar-refractivity contribution in [3.05, 3.63) is 46.4 Å². The topological polar surface area (TPSA) is 50.4 Å². The number of rotatable bonds is 2. The van der Waals surface area contributed by atoms with E-state index < -0.39 is 11.8 Å². The van der Waals surface area contributed by atoms with Gasteiger partial charge in [-0.2, -0.15) is 0 Å². The number of halogens is 2. The summed E-state index contributed by atoms with van der Waals surface area (Å²) < 4.78 is 18.7.